The first-order valence-electron chi connectivity index (χ1n) is 10.3. The molecule has 1 aliphatic heterocycles. The van der Waals surface area contributed by atoms with Gasteiger partial charge < -0.3 is 5.32 Å². The fourth-order valence-electron chi connectivity index (χ4n) is 3.88. The predicted molar refractivity (Wildman–Crippen MR) is 121 cm³/mol. The number of carbonyl (C=O) groups is 1. The van der Waals surface area contributed by atoms with Gasteiger partial charge in [-0.15, -0.1) is 0 Å². The Bertz CT molecular complexity index is 1170. The maximum atomic E-state index is 13.4. The number of carbonyl (C=O) groups excluding carboxylic acids is 1. The molecule has 2 aromatic carbocycles. The van der Waals surface area contributed by atoms with Crippen molar-refractivity contribution in [2.45, 2.75) is 24.7 Å². The fourth-order valence-corrected chi connectivity index (χ4v) is 5.56. The quantitative estimate of drug-likeness (QED) is 0.654. The van der Waals surface area contributed by atoms with E-state index in [2.05, 4.69) is 10.3 Å². The highest BCUT2D eigenvalue weighted by Gasteiger charge is 2.33. The summed E-state index contributed by atoms with van der Waals surface area (Å²) in [5, 5.41) is 2.85. The highest BCUT2D eigenvalue weighted by atomic mass is 32.2. The Morgan fingerprint density at radius 1 is 1.00 bits per heavy atom. The Kier molecular flexibility index (Phi) is 6.15. The monoisotopic (exact) mass is 435 g/mol. The Morgan fingerprint density at radius 2 is 1.68 bits per heavy atom. The van der Waals surface area contributed by atoms with E-state index in [1.165, 1.54) is 4.31 Å². The minimum Gasteiger partial charge on any atom is -0.310 e. The number of nitrogens with zero attached hydrogens (tertiary/aromatic N) is 2. The first-order valence-corrected chi connectivity index (χ1v) is 11.8. The number of rotatable bonds is 5. The average Bonchev–Trinajstić information content (AvgIpc) is 2.80. The molecule has 160 valence electrons. The lowest BCUT2D eigenvalue weighted by molar-refractivity contribution is -0.120. The summed E-state index contributed by atoms with van der Waals surface area (Å²) in [5.41, 5.74) is 2.57. The molecule has 3 aromatic rings. The lowest BCUT2D eigenvalue weighted by Gasteiger charge is -2.31. The summed E-state index contributed by atoms with van der Waals surface area (Å²) >= 11 is 0. The zero-order chi connectivity index (χ0) is 21.8. The minimum atomic E-state index is -3.67. The van der Waals surface area contributed by atoms with Gasteiger partial charge in [0.15, 0.2) is 0 Å². The van der Waals surface area contributed by atoms with Crippen molar-refractivity contribution in [2.75, 3.05) is 18.4 Å². The van der Waals surface area contributed by atoms with Crippen LogP contribution in [0.15, 0.2) is 77.8 Å². The van der Waals surface area contributed by atoms with E-state index in [-0.39, 0.29) is 11.8 Å². The van der Waals surface area contributed by atoms with Gasteiger partial charge in [-0.3, -0.25) is 4.79 Å². The molecule has 7 heteroatoms. The Labute approximate surface area is 183 Å². The standard InChI is InChI=1S/C24H25N3O3S/c1-18-11-14-25-23(17-18)26-24(28)20-12-15-27(16-13-20)31(29,30)22-10-6-5-9-21(22)19-7-3-2-4-8-19/h2-11,14,17,20H,12-13,15-16H2,1H3,(H,25,26,28). The van der Waals surface area contributed by atoms with E-state index in [9.17, 15) is 13.2 Å². The number of aromatic nitrogens is 1. The highest BCUT2D eigenvalue weighted by Crippen LogP contribution is 2.31. The summed E-state index contributed by atoms with van der Waals surface area (Å²) in [6, 6.07) is 20.3. The van der Waals surface area contributed by atoms with Gasteiger partial charge in [-0.25, -0.2) is 13.4 Å². The molecule has 1 fully saturated rings. The molecule has 0 spiro atoms. The van der Waals surface area contributed by atoms with Crippen LogP contribution >= 0.6 is 0 Å². The summed E-state index contributed by atoms with van der Waals surface area (Å²) < 4.78 is 28.3. The zero-order valence-corrected chi connectivity index (χ0v) is 18.2. The largest absolute Gasteiger partial charge is 0.310 e. The second kappa shape index (κ2) is 8.99. The molecular weight excluding hydrogens is 410 g/mol. The molecule has 0 atom stereocenters. The third-order valence-electron chi connectivity index (χ3n) is 5.58. The van der Waals surface area contributed by atoms with Gasteiger partial charge in [-0.1, -0.05) is 48.5 Å². The van der Waals surface area contributed by atoms with E-state index in [4.69, 9.17) is 0 Å². The van der Waals surface area contributed by atoms with Crippen LogP contribution in [0.25, 0.3) is 11.1 Å². The van der Waals surface area contributed by atoms with Gasteiger partial charge in [0.2, 0.25) is 15.9 Å². The lowest BCUT2D eigenvalue weighted by atomic mass is 9.97. The van der Waals surface area contributed by atoms with E-state index in [1.54, 1.807) is 18.3 Å². The maximum Gasteiger partial charge on any atom is 0.243 e. The summed E-state index contributed by atoms with van der Waals surface area (Å²) in [4.78, 5) is 17.1. The molecule has 0 bridgehead atoms. The molecule has 2 heterocycles. The normalized spacial score (nSPS) is 15.5. The number of aryl methyl sites for hydroxylation is 1. The van der Waals surface area contributed by atoms with E-state index in [1.807, 2.05) is 61.5 Å². The number of piperidine rings is 1. The number of nitrogens with one attached hydrogen (secondary N) is 1. The van der Waals surface area contributed by atoms with Crippen molar-refractivity contribution in [1.29, 1.82) is 0 Å². The molecule has 0 radical (unpaired) electrons. The smallest absolute Gasteiger partial charge is 0.243 e. The van der Waals surface area contributed by atoms with E-state index in [0.717, 1.165) is 11.1 Å². The summed E-state index contributed by atoms with van der Waals surface area (Å²) in [6.45, 7) is 2.56. The average molecular weight is 436 g/mol. The second-order valence-electron chi connectivity index (χ2n) is 7.75. The van der Waals surface area contributed by atoms with Gasteiger partial charge in [0, 0.05) is 30.8 Å². The molecule has 0 unspecified atom stereocenters. The van der Waals surface area contributed by atoms with Crippen molar-refractivity contribution >= 4 is 21.7 Å². The summed E-state index contributed by atoms with van der Waals surface area (Å²) in [5.74, 6) is 0.176. The highest BCUT2D eigenvalue weighted by molar-refractivity contribution is 7.89. The van der Waals surface area contributed by atoms with Crippen LogP contribution in [0.2, 0.25) is 0 Å². The topological polar surface area (TPSA) is 79.4 Å². The molecular formula is C24H25N3O3S. The Morgan fingerprint density at radius 3 is 2.39 bits per heavy atom. The molecule has 1 aromatic heterocycles. The minimum absolute atomic E-state index is 0.111. The predicted octanol–water partition coefficient (Wildman–Crippen LogP) is 4.10. The third-order valence-corrected chi connectivity index (χ3v) is 7.54. The third kappa shape index (κ3) is 4.68. The molecule has 0 saturated carbocycles. The number of hydrogen-bond acceptors (Lipinski definition) is 4. The second-order valence-corrected chi connectivity index (χ2v) is 9.65. The molecule has 31 heavy (non-hydrogen) atoms. The Hall–Kier alpha value is -3.03. The zero-order valence-electron chi connectivity index (χ0n) is 17.4. The molecule has 0 aliphatic carbocycles. The van der Waals surface area contributed by atoms with Crippen molar-refractivity contribution in [1.82, 2.24) is 9.29 Å². The van der Waals surface area contributed by atoms with Crippen LogP contribution < -0.4 is 5.32 Å². The molecule has 1 amide bonds. The van der Waals surface area contributed by atoms with E-state index in [0.29, 0.717) is 42.2 Å². The summed E-state index contributed by atoms with van der Waals surface area (Å²) in [6.07, 6.45) is 2.61. The van der Waals surface area contributed by atoms with Crippen molar-refractivity contribution in [3.8, 4) is 11.1 Å². The molecule has 1 aliphatic rings. The SMILES string of the molecule is Cc1ccnc(NC(=O)C2CCN(S(=O)(=O)c3ccccc3-c3ccccc3)CC2)c1. The maximum absolute atomic E-state index is 13.4. The van der Waals surface area contributed by atoms with Gasteiger partial charge in [0.25, 0.3) is 0 Å². The van der Waals surface area contributed by atoms with Gasteiger partial charge in [-0.05, 0) is 49.1 Å². The number of sulfonamides is 1. The van der Waals surface area contributed by atoms with Gasteiger partial charge in [0.05, 0.1) is 4.90 Å². The van der Waals surface area contributed by atoms with Gasteiger partial charge >= 0.3 is 0 Å². The first kappa shape index (κ1) is 21.2. The van der Waals surface area contributed by atoms with Crippen molar-refractivity contribution in [3.05, 3.63) is 78.5 Å². The van der Waals surface area contributed by atoms with Crippen LogP contribution in [-0.2, 0) is 14.8 Å². The van der Waals surface area contributed by atoms with Crippen LogP contribution in [0.5, 0.6) is 0 Å². The molecule has 6 nitrogen and oxygen atoms in total. The Balaban J connectivity index is 1.47. The van der Waals surface area contributed by atoms with Crippen molar-refractivity contribution < 1.29 is 13.2 Å². The van der Waals surface area contributed by atoms with E-state index < -0.39 is 10.0 Å². The lowest BCUT2D eigenvalue weighted by Crippen LogP contribution is -2.41. The van der Waals surface area contributed by atoms with Crippen LogP contribution in [0, 0.1) is 12.8 Å². The number of hydrogen-bond donors (Lipinski definition) is 1. The van der Waals surface area contributed by atoms with Crippen LogP contribution in [0.4, 0.5) is 5.82 Å². The first-order chi connectivity index (χ1) is 14.9. The van der Waals surface area contributed by atoms with Gasteiger partial charge in [-0.2, -0.15) is 4.31 Å². The van der Waals surface area contributed by atoms with E-state index >= 15 is 0 Å². The summed E-state index contributed by atoms with van der Waals surface area (Å²) in [7, 11) is -3.67. The number of anilines is 1. The fraction of sp³-hybridized carbons (Fsp3) is 0.250. The molecule has 4 rings (SSSR count). The molecule has 1 saturated heterocycles. The van der Waals surface area contributed by atoms with Crippen molar-refractivity contribution in [3.63, 3.8) is 0 Å². The molecule has 1 N–H and O–H groups in total. The van der Waals surface area contributed by atoms with Crippen LogP contribution in [0.3, 0.4) is 0 Å². The number of benzene rings is 2. The van der Waals surface area contributed by atoms with Crippen molar-refractivity contribution in [2.24, 2.45) is 5.92 Å². The van der Waals surface area contributed by atoms with Gasteiger partial charge in [0.1, 0.15) is 5.82 Å². The van der Waals surface area contributed by atoms with Crippen LogP contribution in [0.1, 0.15) is 18.4 Å². The van der Waals surface area contributed by atoms with Crippen LogP contribution in [-0.4, -0.2) is 36.7 Å². The number of pyridine rings is 1. The number of amides is 1.